The van der Waals surface area contributed by atoms with E-state index in [1.165, 1.54) is 11.5 Å². The number of nitrogens with zero attached hydrogens (tertiary/aromatic N) is 2. The first-order valence-electron chi connectivity index (χ1n) is 1.42. The molecule has 1 aromatic heterocycles. The van der Waals surface area contributed by atoms with Crippen molar-refractivity contribution in [2.24, 2.45) is 0 Å². The monoisotopic (exact) mass is 101 g/mol. The van der Waals surface area contributed by atoms with Crippen LogP contribution >= 0.6 is 11.5 Å². The highest BCUT2D eigenvalue weighted by Gasteiger charge is 1.78. The Balaban J connectivity index is 3.05. The third-order valence-corrected chi connectivity index (χ3v) is 0.900. The van der Waals surface area contributed by atoms with Crippen LogP contribution in [0, 0.1) is 0 Å². The highest BCUT2D eigenvalue weighted by molar-refractivity contribution is 7.03. The van der Waals surface area contributed by atoms with Crippen LogP contribution in [0.15, 0.2) is 5.38 Å². The van der Waals surface area contributed by atoms with Crippen LogP contribution < -0.4 is 5.73 Å². The second kappa shape index (κ2) is 1.22. The summed E-state index contributed by atoms with van der Waals surface area (Å²) in [6.07, 6.45) is 0. The van der Waals surface area contributed by atoms with Gasteiger partial charge in [0.15, 0.2) is 5.82 Å². The molecule has 0 bridgehead atoms. The number of hydrogen-bond donors (Lipinski definition) is 1. The lowest BCUT2D eigenvalue weighted by Gasteiger charge is -1.64. The maximum Gasteiger partial charge on any atom is 0.158 e. The van der Waals surface area contributed by atoms with Crippen LogP contribution in [-0.4, -0.2) is 9.59 Å². The van der Waals surface area contributed by atoms with Crippen molar-refractivity contribution in [2.45, 2.75) is 0 Å². The molecule has 0 atom stereocenters. The van der Waals surface area contributed by atoms with Gasteiger partial charge in [-0.1, -0.05) is 4.49 Å². The van der Waals surface area contributed by atoms with E-state index in [0.717, 1.165) is 0 Å². The van der Waals surface area contributed by atoms with Gasteiger partial charge in [0.25, 0.3) is 0 Å². The Kier molecular flexibility index (Phi) is 0.719. The minimum Gasteiger partial charge on any atom is -0.381 e. The van der Waals surface area contributed by atoms with E-state index in [1.807, 2.05) is 0 Å². The smallest absolute Gasteiger partial charge is 0.158 e. The van der Waals surface area contributed by atoms with Crippen molar-refractivity contribution in [3.8, 4) is 0 Å². The molecule has 1 heterocycles. The number of nitrogens with two attached hydrogens (primary N) is 1. The van der Waals surface area contributed by atoms with E-state index in [2.05, 4.69) is 9.59 Å². The van der Waals surface area contributed by atoms with Gasteiger partial charge in [0.05, 0.1) is 5.38 Å². The predicted molar refractivity (Wildman–Crippen MR) is 24.3 cm³/mol. The van der Waals surface area contributed by atoms with E-state index in [-0.39, 0.29) is 0 Å². The van der Waals surface area contributed by atoms with Gasteiger partial charge >= 0.3 is 0 Å². The molecule has 0 aliphatic rings. The molecule has 0 spiro atoms. The zero-order valence-electron chi connectivity index (χ0n) is 2.96. The molecule has 0 fully saturated rings. The van der Waals surface area contributed by atoms with Crippen LogP contribution in [0.2, 0.25) is 0 Å². The second-order valence-electron chi connectivity index (χ2n) is 0.830. The molecule has 6 heavy (non-hydrogen) atoms. The summed E-state index contributed by atoms with van der Waals surface area (Å²) in [5.74, 6) is 0.500. The molecule has 1 aromatic rings. The normalized spacial score (nSPS) is 8.67. The Morgan fingerprint density at radius 3 is 2.83 bits per heavy atom. The Morgan fingerprint density at radius 1 is 1.83 bits per heavy atom. The molecule has 0 aliphatic carbocycles. The summed E-state index contributed by atoms with van der Waals surface area (Å²) in [5.41, 5.74) is 5.11. The van der Waals surface area contributed by atoms with Crippen LogP contribution in [-0.2, 0) is 0 Å². The molecule has 0 aromatic carbocycles. The second-order valence-corrected chi connectivity index (χ2v) is 1.44. The number of aromatic nitrogens is 2. The van der Waals surface area contributed by atoms with E-state index in [4.69, 9.17) is 5.73 Å². The van der Waals surface area contributed by atoms with Crippen LogP contribution in [0.1, 0.15) is 0 Å². The summed E-state index contributed by atoms with van der Waals surface area (Å²) in [4.78, 5) is 0. The third-order valence-electron chi connectivity index (χ3n) is 0.377. The molecule has 0 amide bonds. The van der Waals surface area contributed by atoms with E-state index >= 15 is 0 Å². The van der Waals surface area contributed by atoms with Gasteiger partial charge in [-0.3, -0.25) is 0 Å². The molecular formula is C2H3N3S. The largest absolute Gasteiger partial charge is 0.381 e. The van der Waals surface area contributed by atoms with Crippen LogP contribution in [0.3, 0.4) is 0 Å². The summed E-state index contributed by atoms with van der Waals surface area (Å²) in [7, 11) is 0. The fourth-order valence-corrected chi connectivity index (χ4v) is 0.516. The van der Waals surface area contributed by atoms with Crippen molar-refractivity contribution < 1.29 is 0 Å². The molecule has 1 rings (SSSR count). The van der Waals surface area contributed by atoms with Crippen molar-refractivity contribution in [3.63, 3.8) is 0 Å². The minimum atomic E-state index is 0.500. The van der Waals surface area contributed by atoms with Gasteiger partial charge in [0, 0.05) is 0 Å². The van der Waals surface area contributed by atoms with Crippen molar-refractivity contribution in [1.82, 2.24) is 9.59 Å². The van der Waals surface area contributed by atoms with Crippen molar-refractivity contribution >= 4 is 17.4 Å². The summed E-state index contributed by atoms with van der Waals surface area (Å²) in [5, 5.41) is 5.14. The summed E-state index contributed by atoms with van der Waals surface area (Å²) >= 11 is 1.25. The molecule has 2 N–H and O–H groups in total. The molecule has 0 saturated carbocycles. The fraction of sp³-hybridized carbons (Fsp3) is 0. The zero-order chi connectivity index (χ0) is 4.41. The van der Waals surface area contributed by atoms with Gasteiger partial charge in [0.1, 0.15) is 0 Å². The van der Waals surface area contributed by atoms with Gasteiger partial charge in [-0.15, -0.1) is 5.10 Å². The van der Waals surface area contributed by atoms with Gasteiger partial charge < -0.3 is 5.73 Å². The lowest BCUT2D eigenvalue weighted by Crippen LogP contribution is -1.81. The first-order valence-corrected chi connectivity index (χ1v) is 2.26. The highest BCUT2D eigenvalue weighted by atomic mass is 32.1. The average Bonchev–Trinajstić information content (AvgIpc) is 1.86. The molecule has 0 aliphatic heterocycles. The molecule has 3 nitrogen and oxygen atoms in total. The lowest BCUT2D eigenvalue weighted by molar-refractivity contribution is 1.17. The molecule has 32 valence electrons. The van der Waals surface area contributed by atoms with Gasteiger partial charge in [-0.2, -0.15) is 0 Å². The van der Waals surface area contributed by atoms with Gasteiger partial charge in [0.2, 0.25) is 0 Å². The molecule has 0 radical (unpaired) electrons. The predicted octanol–water partition coefficient (Wildman–Crippen LogP) is 0.120. The van der Waals surface area contributed by atoms with E-state index in [9.17, 15) is 0 Å². The number of hydrogen-bond acceptors (Lipinski definition) is 4. The molecule has 0 unspecified atom stereocenters. The molecule has 4 heteroatoms. The Bertz CT molecular complexity index is 112. The van der Waals surface area contributed by atoms with Gasteiger partial charge in [-0.05, 0) is 11.5 Å². The SMILES string of the molecule is Nc1csnn1. The minimum absolute atomic E-state index is 0.500. The van der Waals surface area contributed by atoms with Crippen molar-refractivity contribution in [2.75, 3.05) is 5.73 Å². The quantitative estimate of drug-likeness (QED) is 0.505. The Morgan fingerprint density at radius 2 is 2.67 bits per heavy atom. The van der Waals surface area contributed by atoms with Crippen molar-refractivity contribution in [3.05, 3.63) is 5.38 Å². The maximum absolute atomic E-state index is 5.11. The van der Waals surface area contributed by atoms with Crippen LogP contribution in [0.4, 0.5) is 5.82 Å². The molecular weight excluding hydrogens is 98.1 g/mol. The van der Waals surface area contributed by atoms with Gasteiger partial charge in [-0.25, -0.2) is 0 Å². The molecule has 0 saturated heterocycles. The standard InChI is InChI=1S/C2H3N3S/c3-2-1-6-5-4-2/h1H,3H2. The highest BCUT2D eigenvalue weighted by Crippen LogP contribution is 1.94. The maximum atomic E-state index is 5.11. The summed E-state index contributed by atoms with van der Waals surface area (Å²) in [6, 6.07) is 0. The first kappa shape index (κ1) is 3.55. The summed E-state index contributed by atoms with van der Waals surface area (Å²) in [6.45, 7) is 0. The van der Waals surface area contributed by atoms with E-state index in [0.29, 0.717) is 5.82 Å². The third kappa shape index (κ3) is 0.463. The lowest BCUT2D eigenvalue weighted by atomic mass is 10.9. The Hall–Kier alpha value is -0.640. The Labute approximate surface area is 39.0 Å². The zero-order valence-corrected chi connectivity index (χ0v) is 3.77. The first-order chi connectivity index (χ1) is 2.89. The number of rotatable bonds is 0. The van der Waals surface area contributed by atoms with Crippen LogP contribution in [0.25, 0.3) is 0 Å². The van der Waals surface area contributed by atoms with Crippen molar-refractivity contribution in [1.29, 1.82) is 0 Å². The van der Waals surface area contributed by atoms with Crippen LogP contribution in [0.5, 0.6) is 0 Å². The topological polar surface area (TPSA) is 51.8 Å². The number of anilines is 1. The average molecular weight is 101 g/mol. The summed E-state index contributed by atoms with van der Waals surface area (Å²) < 4.78 is 3.49. The number of nitrogen functional groups attached to an aromatic ring is 1. The van der Waals surface area contributed by atoms with E-state index < -0.39 is 0 Å². The van der Waals surface area contributed by atoms with E-state index in [1.54, 1.807) is 5.38 Å². The fourth-order valence-electron chi connectivity index (χ4n) is 0.172.